The van der Waals surface area contributed by atoms with Gasteiger partial charge in [-0.2, -0.15) is 0 Å². The molecule has 0 aliphatic rings. The molecule has 0 aromatic heterocycles. The summed E-state index contributed by atoms with van der Waals surface area (Å²) < 4.78 is 0. The van der Waals surface area contributed by atoms with Crippen LogP contribution in [0, 0.1) is 17.3 Å². The average molecular weight is 286 g/mol. The van der Waals surface area contributed by atoms with E-state index in [2.05, 4.69) is 5.32 Å². The Morgan fingerprint density at radius 3 is 2.15 bits per heavy atom. The van der Waals surface area contributed by atoms with Gasteiger partial charge in [0.25, 0.3) is 0 Å². The quantitative estimate of drug-likeness (QED) is 0.636. The summed E-state index contributed by atoms with van der Waals surface area (Å²) in [7, 11) is 0. The monoisotopic (exact) mass is 286 g/mol. The highest BCUT2D eigenvalue weighted by Gasteiger charge is 2.23. The van der Waals surface area contributed by atoms with E-state index in [1.807, 2.05) is 34.6 Å². The molecule has 0 saturated carbocycles. The molecule has 0 fully saturated rings. The van der Waals surface area contributed by atoms with Crippen molar-refractivity contribution in [2.75, 3.05) is 6.54 Å². The van der Waals surface area contributed by atoms with Crippen LogP contribution in [0.5, 0.6) is 0 Å². The fourth-order valence-corrected chi connectivity index (χ4v) is 1.99. The van der Waals surface area contributed by atoms with Crippen molar-refractivity contribution in [3.05, 3.63) is 0 Å². The summed E-state index contributed by atoms with van der Waals surface area (Å²) in [6.45, 7) is 10.5. The maximum absolute atomic E-state index is 11.8. The van der Waals surface area contributed by atoms with E-state index in [0.29, 0.717) is 12.5 Å². The van der Waals surface area contributed by atoms with Crippen molar-refractivity contribution in [1.29, 1.82) is 0 Å². The third-order valence-corrected chi connectivity index (χ3v) is 3.37. The standard InChI is InChI=1S/C15H30N2O3/c1-10(2)6-11(7-14(19)20)9-17-13(18)8-12(16)15(3,4)5/h10-12H,6-9,16H2,1-5H3,(H,17,18)(H,19,20)/t11-,12?/m0/s1. The smallest absolute Gasteiger partial charge is 0.303 e. The van der Waals surface area contributed by atoms with Crippen molar-refractivity contribution in [3.8, 4) is 0 Å². The van der Waals surface area contributed by atoms with Crippen molar-refractivity contribution < 1.29 is 14.7 Å². The fraction of sp³-hybridized carbons (Fsp3) is 0.867. The Labute approximate surface area is 122 Å². The van der Waals surface area contributed by atoms with Gasteiger partial charge in [-0.05, 0) is 23.7 Å². The first-order valence-electron chi connectivity index (χ1n) is 7.26. The van der Waals surface area contributed by atoms with Gasteiger partial charge in [-0.25, -0.2) is 0 Å². The summed E-state index contributed by atoms with van der Waals surface area (Å²) in [6.07, 6.45) is 1.15. The van der Waals surface area contributed by atoms with E-state index in [9.17, 15) is 9.59 Å². The van der Waals surface area contributed by atoms with Crippen LogP contribution in [-0.2, 0) is 9.59 Å². The highest BCUT2D eigenvalue weighted by Crippen LogP contribution is 2.20. The van der Waals surface area contributed by atoms with Crippen molar-refractivity contribution in [2.45, 2.75) is 59.9 Å². The van der Waals surface area contributed by atoms with Crippen LogP contribution in [0.2, 0.25) is 0 Å². The van der Waals surface area contributed by atoms with E-state index in [-0.39, 0.29) is 36.1 Å². The molecule has 5 heteroatoms. The lowest BCUT2D eigenvalue weighted by atomic mass is 9.85. The van der Waals surface area contributed by atoms with E-state index in [4.69, 9.17) is 10.8 Å². The highest BCUT2D eigenvalue weighted by molar-refractivity contribution is 5.76. The number of carbonyl (C=O) groups is 2. The van der Waals surface area contributed by atoms with Gasteiger partial charge in [0, 0.05) is 25.4 Å². The number of nitrogens with one attached hydrogen (secondary N) is 1. The largest absolute Gasteiger partial charge is 0.481 e. The van der Waals surface area contributed by atoms with Gasteiger partial charge in [-0.15, -0.1) is 0 Å². The second-order valence-corrected chi connectivity index (χ2v) is 7.07. The summed E-state index contributed by atoms with van der Waals surface area (Å²) in [5, 5.41) is 11.7. The molecular weight excluding hydrogens is 256 g/mol. The molecule has 4 N–H and O–H groups in total. The Balaban J connectivity index is 4.26. The molecule has 0 aliphatic heterocycles. The predicted molar refractivity (Wildman–Crippen MR) is 80.3 cm³/mol. The number of amides is 1. The predicted octanol–water partition coefficient (Wildman–Crippen LogP) is 2.00. The van der Waals surface area contributed by atoms with Crippen LogP contribution in [0.4, 0.5) is 0 Å². The first-order valence-corrected chi connectivity index (χ1v) is 7.26. The van der Waals surface area contributed by atoms with Gasteiger partial charge < -0.3 is 16.2 Å². The summed E-state index contributed by atoms with van der Waals surface area (Å²) in [5.74, 6) is -0.543. The maximum atomic E-state index is 11.8. The van der Waals surface area contributed by atoms with E-state index in [0.717, 1.165) is 6.42 Å². The molecular formula is C15H30N2O3. The molecule has 2 atom stereocenters. The van der Waals surface area contributed by atoms with Gasteiger partial charge in [-0.3, -0.25) is 9.59 Å². The zero-order chi connectivity index (χ0) is 15.9. The zero-order valence-electron chi connectivity index (χ0n) is 13.4. The molecule has 5 nitrogen and oxygen atoms in total. The van der Waals surface area contributed by atoms with Gasteiger partial charge in [-0.1, -0.05) is 34.6 Å². The molecule has 1 amide bonds. The lowest BCUT2D eigenvalue weighted by Gasteiger charge is -2.26. The average Bonchev–Trinajstić information content (AvgIpc) is 2.22. The van der Waals surface area contributed by atoms with Crippen molar-refractivity contribution in [1.82, 2.24) is 5.32 Å². The number of rotatable bonds is 8. The van der Waals surface area contributed by atoms with Crippen LogP contribution in [0.15, 0.2) is 0 Å². The second-order valence-electron chi connectivity index (χ2n) is 7.07. The second kappa shape index (κ2) is 8.25. The Morgan fingerprint density at radius 1 is 1.20 bits per heavy atom. The first kappa shape index (κ1) is 18.9. The molecule has 0 spiro atoms. The number of aliphatic carboxylic acids is 1. The number of carboxylic acids is 1. The molecule has 1 unspecified atom stereocenters. The Bertz CT molecular complexity index is 322. The molecule has 0 heterocycles. The van der Waals surface area contributed by atoms with E-state index in [1.54, 1.807) is 0 Å². The van der Waals surface area contributed by atoms with Crippen molar-refractivity contribution in [3.63, 3.8) is 0 Å². The van der Waals surface area contributed by atoms with Crippen molar-refractivity contribution in [2.24, 2.45) is 23.0 Å². The number of nitrogens with two attached hydrogens (primary N) is 1. The van der Waals surface area contributed by atoms with E-state index >= 15 is 0 Å². The maximum Gasteiger partial charge on any atom is 0.303 e. The minimum Gasteiger partial charge on any atom is -0.481 e. The van der Waals surface area contributed by atoms with E-state index in [1.165, 1.54) is 0 Å². The third-order valence-electron chi connectivity index (χ3n) is 3.37. The summed E-state index contributed by atoms with van der Waals surface area (Å²) in [4.78, 5) is 22.7. The minimum absolute atomic E-state index is 0.0256. The first-order chi connectivity index (χ1) is 9.02. The fourth-order valence-electron chi connectivity index (χ4n) is 1.99. The molecule has 0 aromatic rings. The van der Waals surface area contributed by atoms with E-state index < -0.39 is 5.97 Å². The molecule has 0 radical (unpaired) electrons. The Morgan fingerprint density at radius 2 is 1.75 bits per heavy atom. The van der Waals surface area contributed by atoms with Gasteiger partial charge in [0.1, 0.15) is 0 Å². The molecule has 20 heavy (non-hydrogen) atoms. The molecule has 0 aliphatic carbocycles. The van der Waals surface area contributed by atoms with Crippen LogP contribution in [0.1, 0.15) is 53.9 Å². The summed E-state index contributed by atoms with van der Waals surface area (Å²) >= 11 is 0. The normalized spacial score (nSPS) is 14.9. The van der Waals surface area contributed by atoms with Crippen molar-refractivity contribution >= 4 is 11.9 Å². The highest BCUT2D eigenvalue weighted by atomic mass is 16.4. The number of hydrogen-bond donors (Lipinski definition) is 3. The van der Waals surface area contributed by atoms with Crippen LogP contribution in [-0.4, -0.2) is 29.6 Å². The lowest BCUT2D eigenvalue weighted by molar-refractivity contribution is -0.138. The number of carboxylic acid groups (broad SMARTS) is 1. The van der Waals surface area contributed by atoms with Gasteiger partial charge in [0.05, 0.1) is 0 Å². The van der Waals surface area contributed by atoms with Gasteiger partial charge in [0.15, 0.2) is 0 Å². The summed E-state index contributed by atoms with van der Waals surface area (Å²) in [5.41, 5.74) is 5.85. The Hall–Kier alpha value is -1.10. The van der Waals surface area contributed by atoms with Gasteiger partial charge in [0.2, 0.25) is 5.91 Å². The molecule has 118 valence electrons. The lowest BCUT2D eigenvalue weighted by Crippen LogP contribution is -2.41. The van der Waals surface area contributed by atoms with Crippen LogP contribution < -0.4 is 11.1 Å². The molecule has 0 rings (SSSR count). The molecule has 0 saturated heterocycles. The molecule has 0 bridgehead atoms. The zero-order valence-corrected chi connectivity index (χ0v) is 13.4. The topological polar surface area (TPSA) is 92.4 Å². The summed E-state index contributed by atoms with van der Waals surface area (Å²) in [6, 6.07) is -0.203. The number of carbonyl (C=O) groups excluding carboxylic acids is 1. The minimum atomic E-state index is -0.823. The number of hydrogen-bond acceptors (Lipinski definition) is 3. The van der Waals surface area contributed by atoms with Crippen LogP contribution >= 0.6 is 0 Å². The van der Waals surface area contributed by atoms with Crippen LogP contribution in [0.3, 0.4) is 0 Å². The van der Waals surface area contributed by atoms with Crippen LogP contribution in [0.25, 0.3) is 0 Å². The SMILES string of the molecule is CC(C)C[C@H](CNC(=O)CC(N)C(C)(C)C)CC(=O)O. The Kier molecular flexibility index (Phi) is 7.79. The van der Waals surface area contributed by atoms with Gasteiger partial charge >= 0.3 is 5.97 Å². The molecule has 0 aromatic carbocycles. The third kappa shape index (κ3) is 8.91.